The first-order valence-electron chi connectivity index (χ1n) is 7.91. The summed E-state index contributed by atoms with van der Waals surface area (Å²) in [6.45, 7) is 1.64. The van der Waals surface area contributed by atoms with Crippen LogP contribution in [-0.2, 0) is 6.54 Å². The van der Waals surface area contributed by atoms with Gasteiger partial charge in [-0.05, 0) is 24.3 Å². The summed E-state index contributed by atoms with van der Waals surface area (Å²) in [7, 11) is 1.66. The lowest BCUT2D eigenvalue weighted by molar-refractivity contribution is 0.0972. The Bertz CT molecular complexity index is 785. The molecule has 0 aliphatic carbocycles. The zero-order valence-electron chi connectivity index (χ0n) is 13.9. The molecule has 0 saturated heterocycles. The zero-order valence-corrected chi connectivity index (χ0v) is 13.9. The van der Waals surface area contributed by atoms with Gasteiger partial charge in [0, 0.05) is 25.2 Å². The van der Waals surface area contributed by atoms with Crippen LogP contribution >= 0.6 is 0 Å². The number of anilines is 1. The van der Waals surface area contributed by atoms with Crippen LogP contribution < -0.4 is 25.8 Å². The SMILES string of the molecule is CN=C(NCc1ccc(C(N)=O)o1)Nc1ccc2c(c1)OCCCO2. The summed E-state index contributed by atoms with van der Waals surface area (Å²) in [5.41, 5.74) is 5.98. The molecule has 1 aliphatic heterocycles. The molecular formula is C17H20N4O4. The number of ether oxygens (including phenoxy) is 2. The molecule has 0 radical (unpaired) electrons. The van der Waals surface area contributed by atoms with E-state index < -0.39 is 5.91 Å². The van der Waals surface area contributed by atoms with Crippen LogP contribution in [0.3, 0.4) is 0 Å². The molecule has 1 aromatic heterocycles. The predicted molar refractivity (Wildman–Crippen MR) is 93.1 cm³/mol. The summed E-state index contributed by atoms with van der Waals surface area (Å²) in [6.07, 6.45) is 0.858. The van der Waals surface area contributed by atoms with E-state index in [0.29, 0.717) is 37.2 Å². The zero-order chi connectivity index (χ0) is 17.6. The van der Waals surface area contributed by atoms with Crippen LogP contribution in [0.15, 0.2) is 39.7 Å². The fourth-order valence-electron chi connectivity index (χ4n) is 2.33. The molecule has 0 bridgehead atoms. The number of carbonyl (C=O) groups is 1. The number of carbonyl (C=O) groups excluding carboxylic acids is 1. The topological polar surface area (TPSA) is 111 Å². The van der Waals surface area contributed by atoms with Gasteiger partial charge >= 0.3 is 0 Å². The number of nitrogens with one attached hydrogen (secondary N) is 2. The van der Waals surface area contributed by atoms with Gasteiger partial charge in [0.1, 0.15) is 5.76 Å². The van der Waals surface area contributed by atoms with E-state index in [0.717, 1.165) is 17.9 Å². The molecule has 8 nitrogen and oxygen atoms in total. The van der Waals surface area contributed by atoms with Crippen LogP contribution in [0.1, 0.15) is 22.7 Å². The fraction of sp³-hybridized carbons (Fsp3) is 0.294. The Morgan fingerprint density at radius 1 is 1.20 bits per heavy atom. The smallest absolute Gasteiger partial charge is 0.284 e. The molecule has 132 valence electrons. The van der Waals surface area contributed by atoms with E-state index in [1.165, 1.54) is 0 Å². The number of aliphatic imine (C=N–C) groups is 1. The number of nitrogens with zero attached hydrogens (tertiary/aromatic N) is 1. The minimum absolute atomic E-state index is 0.127. The molecule has 0 unspecified atom stereocenters. The first-order valence-corrected chi connectivity index (χ1v) is 7.91. The number of amides is 1. The van der Waals surface area contributed by atoms with Crippen molar-refractivity contribution < 1.29 is 18.7 Å². The van der Waals surface area contributed by atoms with Crippen LogP contribution in [0.5, 0.6) is 11.5 Å². The van der Waals surface area contributed by atoms with Crippen LogP contribution in [0, 0.1) is 0 Å². The number of fused-ring (bicyclic) bond motifs is 1. The largest absolute Gasteiger partial charge is 0.490 e. The number of rotatable bonds is 4. The highest BCUT2D eigenvalue weighted by Gasteiger charge is 2.12. The van der Waals surface area contributed by atoms with Gasteiger partial charge in [-0.15, -0.1) is 0 Å². The molecule has 1 aliphatic rings. The second-order valence-corrected chi connectivity index (χ2v) is 5.39. The molecule has 0 spiro atoms. The van der Waals surface area contributed by atoms with Crippen molar-refractivity contribution in [2.24, 2.45) is 10.7 Å². The van der Waals surface area contributed by atoms with Crippen molar-refractivity contribution in [3.8, 4) is 11.5 Å². The van der Waals surface area contributed by atoms with Crippen LogP contribution in [0.2, 0.25) is 0 Å². The summed E-state index contributed by atoms with van der Waals surface area (Å²) >= 11 is 0. The van der Waals surface area contributed by atoms with Crippen molar-refractivity contribution in [3.05, 3.63) is 41.9 Å². The monoisotopic (exact) mass is 344 g/mol. The summed E-state index contributed by atoms with van der Waals surface area (Å²) in [5.74, 6) is 2.10. The van der Waals surface area contributed by atoms with Gasteiger partial charge in [0.05, 0.1) is 19.8 Å². The first kappa shape index (κ1) is 16.7. The molecule has 1 aromatic carbocycles. The lowest BCUT2D eigenvalue weighted by atomic mass is 10.3. The lowest BCUT2D eigenvalue weighted by Crippen LogP contribution is -2.30. The van der Waals surface area contributed by atoms with Crippen molar-refractivity contribution >= 4 is 17.6 Å². The Hall–Kier alpha value is -3.16. The maximum absolute atomic E-state index is 11.0. The van der Waals surface area contributed by atoms with Gasteiger partial charge in [-0.2, -0.15) is 0 Å². The minimum Gasteiger partial charge on any atom is -0.490 e. The van der Waals surface area contributed by atoms with E-state index in [1.54, 1.807) is 19.2 Å². The predicted octanol–water partition coefficient (Wildman–Crippen LogP) is 1.73. The molecule has 3 rings (SSSR count). The molecule has 0 atom stereocenters. The molecule has 2 aromatic rings. The van der Waals surface area contributed by atoms with Gasteiger partial charge in [-0.3, -0.25) is 9.79 Å². The third-order valence-electron chi connectivity index (χ3n) is 3.57. The second-order valence-electron chi connectivity index (χ2n) is 5.39. The molecule has 8 heteroatoms. The van der Waals surface area contributed by atoms with E-state index in [4.69, 9.17) is 19.6 Å². The number of hydrogen-bond acceptors (Lipinski definition) is 5. The van der Waals surface area contributed by atoms with Gasteiger partial charge < -0.3 is 30.3 Å². The van der Waals surface area contributed by atoms with E-state index in [-0.39, 0.29) is 5.76 Å². The fourth-order valence-corrected chi connectivity index (χ4v) is 2.33. The van der Waals surface area contributed by atoms with Crippen LogP contribution in [-0.4, -0.2) is 32.1 Å². The van der Waals surface area contributed by atoms with Gasteiger partial charge in [0.25, 0.3) is 5.91 Å². The molecule has 25 heavy (non-hydrogen) atoms. The molecule has 2 heterocycles. The van der Waals surface area contributed by atoms with E-state index >= 15 is 0 Å². The number of benzene rings is 1. The average Bonchev–Trinajstić information content (AvgIpc) is 2.97. The average molecular weight is 344 g/mol. The highest BCUT2D eigenvalue weighted by Crippen LogP contribution is 2.32. The van der Waals surface area contributed by atoms with Gasteiger partial charge in [-0.1, -0.05) is 0 Å². The van der Waals surface area contributed by atoms with Crippen molar-refractivity contribution in [3.63, 3.8) is 0 Å². The Morgan fingerprint density at radius 2 is 2.00 bits per heavy atom. The maximum Gasteiger partial charge on any atom is 0.284 e. The molecule has 0 fully saturated rings. The van der Waals surface area contributed by atoms with Crippen molar-refractivity contribution in [2.45, 2.75) is 13.0 Å². The number of furan rings is 1. The van der Waals surface area contributed by atoms with Crippen LogP contribution in [0.4, 0.5) is 5.69 Å². The normalized spacial score (nSPS) is 13.9. The van der Waals surface area contributed by atoms with Gasteiger partial charge in [0.2, 0.25) is 0 Å². The van der Waals surface area contributed by atoms with Gasteiger partial charge in [-0.25, -0.2) is 0 Å². The quantitative estimate of drug-likeness (QED) is 0.575. The highest BCUT2D eigenvalue weighted by molar-refractivity contribution is 5.94. The second kappa shape index (κ2) is 7.61. The van der Waals surface area contributed by atoms with Crippen molar-refractivity contribution in [1.82, 2.24) is 5.32 Å². The molecular weight excluding hydrogens is 324 g/mol. The van der Waals surface area contributed by atoms with E-state index in [1.807, 2.05) is 18.2 Å². The minimum atomic E-state index is -0.596. The van der Waals surface area contributed by atoms with Crippen molar-refractivity contribution in [1.29, 1.82) is 0 Å². The third-order valence-corrected chi connectivity index (χ3v) is 3.57. The molecule has 1 amide bonds. The number of nitrogens with two attached hydrogens (primary N) is 1. The lowest BCUT2D eigenvalue weighted by Gasteiger charge is -2.13. The first-order chi connectivity index (χ1) is 12.2. The van der Waals surface area contributed by atoms with Crippen LogP contribution in [0.25, 0.3) is 0 Å². The van der Waals surface area contributed by atoms with E-state index in [2.05, 4.69) is 15.6 Å². The third kappa shape index (κ3) is 4.23. The number of hydrogen-bond donors (Lipinski definition) is 3. The highest BCUT2D eigenvalue weighted by atomic mass is 16.5. The molecule has 4 N–H and O–H groups in total. The number of primary amides is 1. The summed E-state index contributed by atoms with van der Waals surface area (Å²) in [4.78, 5) is 15.2. The van der Waals surface area contributed by atoms with E-state index in [9.17, 15) is 4.79 Å². The Labute approximate surface area is 145 Å². The molecule has 0 saturated carbocycles. The standard InChI is InChI=1S/C17H20N4O4/c1-19-17(20-10-12-4-6-14(25-12)16(18)22)21-11-3-5-13-15(9-11)24-8-2-7-23-13/h3-6,9H,2,7-8,10H2,1H3,(H2,18,22)(H2,19,20,21). The Balaban J connectivity index is 1.62. The maximum atomic E-state index is 11.0. The summed E-state index contributed by atoms with van der Waals surface area (Å²) < 4.78 is 16.6. The summed E-state index contributed by atoms with van der Waals surface area (Å²) in [5, 5.41) is 6.27. The Morgan fingerprint density at radius 3 is 2.72 bits per heavy atom. The van der Waals surface area contributed by atoms with Gasteiger partial charge in [0.15, 0.2) is 23.2 Å². The summed E-state index contributed by atoms with van der Waals surface area (Å²) in [6, 6.07) is 8.85. The Kier molecular flexibility index (Phi) is 5.08. The van der Waals surface area contributed by atoms with Crippen molar-refractivity contribution in [2.75, 3.05) is 25.6 Å². The number of guanidine groups is 1.